The number of hydrogen-bond acceptors (Lipinski definition) is 6. The second-order valence-electron chi connectivity index (χ2n) is 3.86. The van der Waals surface area contributed by atoms with Crippen LogP contribution < -0.4 is 10.6 Å². The molecule has 1 amide bonds. The Morgan fingerprint density at radius 3 is 3.00 bits per heavy atom. The minimum Gasteiger partial charge on any atom is -0.323 e. The summed E-state index contributed by atoms with van der Waals surface area (Å²) < 4.78 is 0. The largest absolute Gasteiger partial charge is 0.323 e. The zero-order valence-corrected chi connectivity index (χ0v) is 10.6. The van der Waals surface area contributed by atoms with Crippen molar-refractivity contribution < 1.29 is 9.72 Å². The average molecular weight is 278 g/mol. The summed E-state index contributed by atoms with van der Waals surface area (Å²) >= 11 is 1.61. The number of thioether (sulfide) groups is 1. The van der Waals surface area contributed by atoms with Gasteiger partial charge in [-0.2, -0.15) is 5.26 Å². The molecule has 1 unspecified atom stereocenters. The number of amides is 1. The van der Waals surface area contributed by atoms with Gasteiger partial charge in [-0.05, 0) is 6.07 Å². The Balaban J connectivity index is 2.18. The van der Waals surface area contributed by atoms with Gasteiger partial charge in [-0.3, -0.25) is 20.2 Å². The molecule has 0 aliphatic carbocycles. The van der Waals surface area contributed by atoms with Crippen molar-refractivity contribution in [3.05, 3.63) is 33.9 Å². The molecular formula is C11H10N4O3S. The molecule has 1 atom stereocenters. The highest BCUT2D eigenvalue weighted by Gasteiger charge is 2.23. The maximum absolute atomic E-state index is 11.9. The zero-order chi connectivity index (χ0) is 13.8. The molecule has 1 saturated heterocycles. The quantitative estimate of drug-likeness (QED) is 0.632. The van der Waals surface area contributed by atoms with E-state index in [4.69, 9.17) is 5.26 Å². The summed E-state index contributed by atoms with van der Waals surface area (Å²) in [4.78, 5) is 21.9. The number of nitriles is 1. The summed E-state index contributed by atoms with van der Waals surface area (Å²) in [6, 6.07) is 5.32. The molecule has 1 heterocycles. The SMILES string of the molecule is N#Cc1cc([N+](=O)[O-])ccc1NC(=O)C1CSCN1. The molecule has 98 valence electrons. The highest BCUT2D eigenvalue weighted by molar-refractivity contribution is 7.99. The number of rotatable bonds is 3. The van der Waals surface area contributed by atoms with Gasteiger partial charge in [0.05, 0.1) is 22.2 Å². The number of nitro groups is 1. The van der Waals surface area contributed by atoms with Gasteiger partial charge < -0.3 is 5.32 Å². The molecule has 1 aliphatic heterocycles. The van der Waals surface area contributed by atoms with Crippen molar-refractivity contribution in [1.82, 2.24) is 5.32 Å². The van der Waals surface area contributed by atoms with E-state index in [9.17, 15) is 14.9 Å². The van der Waals surface area contributed by atoms with Crippen molar-refractivity contribution in [2.75, 3.05) is 16.9 Å². The van der Waals surface area contributed by atoms with Gasteiger partial charge in [0, 0.05) is 23.8 Å². The van der Waals surface area contributed by atoms with Crippen LogP contribution in [-0.4, -0.2) is 28.5 Å². The minimum atomic E-state index is -0.582. The maximum atomic E-state index is 11.9. The molecule has 0 radical (unpaired) electrons. The number of nitro benzene ring substituents is 1. The fourth-order valence-electron chi connectivity index (χ4n) is 1.63. The van der Waals surface area contributed by atoms with Gasteiger partial charge in [0.15, 0.2) is 0 Å². The number of anilines is 1. The Morgan fingerprint density at radius 1 is 1.63 bits per heavy atom. The second-order valence-corrected chi connectivity index (χ2v) is 4.89. The molecule has 0 aromatic heterocycles. The Bertz CT molecular complexity index is 564. The van der Waals surface area contributed by atoms with E-state index in [-0.39, 0.29) is 28.9 Å². The van der Waals surface area contributed by atoms with Gasteiger partial charge in [0.25, 0.3) is 5.69 Å². The summed E-state index contributed by atoms with van der Waals surface area (Å²) in [5.74, 6) is 1.14. The molecular weight excluding hydrogens is 268 g/mol. The van der Waals surface area contributed by atoms with E-state index in [1.165, 1.54) is 12.1 Å². The molecule has 1 aromatic rings. The molecule has 0 bridgehead atoms. The first-order chi connectivity index (χ1) is 9.11. The highest BCUT2D eigenvalue weighted by atomic mass is 32.2. The van der Waals surface area contributed by atoms with Gasteiger partial charge >= 0.3 is 0 Å². The molecule has 7 nitrogen and oxygen atoms in total. The Labute approximate surface area is 113 Å². The van der Waals surface area contributed by atoms with Crippen molar-refractivity contribution in [2.45, 2.75) is 6.04 Å². The van der Waals surface area contributed by atoms with Crippen molar-refractivity contribution >= 4 is 29.0 Å². The average Bonchev–Trinajstić information content (AvgIpc) is 2.92. The standard InChI is InChI=1S/C11H10N4O3S/c12-4-7-3-8(15(17)18)1-2-9(7)14-11(16)10-5-19-6-13-10/h1-3,10,13H,5-6H2,(H,14,16). The minimum absolute atomic E-state index is 0.0770. The van der Waals surface area contributed by atoms with Crippen LogP contribution in [0.2, 0.25) is 0 Å². The molecule has 2 rings (SSSR count). The predicted octanol–water partition coefficient (Wildman–Crippen LogP) is 1.07. The number of carbonyl (C=O) groups is 1. The van der Waals surface area contributed by atoms with Crippen LogP contribution in [0.5, 0.6) is 0 Å². The number of hydrogen-bond donors (Lipinski definition) is 2. The fourth-order valence-corrected chi connectivity index (χ4v) is 2.57. The van der Waals surface area contributed by atoms with Crippen LogP contribution in [0, 0.1) is 21.4 Å². The van der Waals surface area contributed by atoms with Crippen molar-refractivity contribution in [1.29, 1.82) is 5.26 Å². The lowest BCUT2D eigenvalue weighted by atomic mass is 10.1. The number of nitrogens with zero attached hydrogens (tertiary/aromatic N) is 2. The van der Waals surface area contributed by atoms with Crippen LogP contribution in [-0.2, 0) is 4.79 Å². The molecule has 19 heavy (non-hydrogen) atoms. The van der Waals surface area contributed by atoms with Crippen LogP contribution in [0.25, 0.3) is 0 Å². The Hall–Kier alpha value is -2.11. The zero-order valence-electron chi connectivity index (χ0n) is 9.75. The normalized spacial score (nSPS) is 17.7. The van der Waals surface area contributed by atoms with E-state index >= 15 is 0 Å². The first-order valence-electron chi connectivity index (χ1n) is 5.42. The second kappa shape index (κ2) is 5.69. The smallest absolute Gasteiger partial charge is 0.270 e. The Morgan fingerprint density at radius 2 is 2.42 bits per heavy atom. The number of carbonyl (C=O) groups excluding carboxylic acids is 1. The van der Waals surface area contributed by atoms with Crippen LogP contribution >= 0.6 is 11.8 Å². The summed E-state index contributed by atoms with van der Waals surface area (Å²) in [5, 5.41) is 25.2. The van der Waals surface area contributed by atoms with Crippen LogP contribution in [0.15, 0.2) is 18.2 Å². The third-order valence-corrected chi connectivity index (χ3v) is 3.56. The monoisotopic (exact) mass is 278 g/mol. The van der Waals surface area contributed by atoms with Gasteiger partial charge in [0.2, 0.25) is 5.91 Å². The lowest BCUT2D eigenvalue weighted by Gasteiger charge is -2.11. The third kappa shape index (κ3) is 3.01. The van der Waals surface area contributed by atoms with Gasteiger partial charge in [-0.15, -0.1) is 11.8 Å². The van der Waals surface area contributed by atoms with Gasteiger partial charge in [-0.25, -0.2) is 0 Å². The molecule has 2 N–H and O–H groups in total. The van der Waals surface area contributed by atoms with E-state index in [0.717, 1.165) is 6.07 Å². The summed E-state index contributed by atoms with van der Waals surface area (Å²) in [5.41, 5.74) is 0.189. The Kier molecular flexibility index (Phi) is 3.99. The molecule has 0 saturated carbocycles. The summed E-state index contributed by atoms with van der Waals surface area (Å²) in [7, 11) is 0. The lowest BCUT2D eigenvalue weighted by molar-refractivity contribution is -0.384. The highest BCUT2D eigenvalue weighted by Crippen LogP contribution is 2.22. The summed E-state index contributed by atoms with van der Waals surface area (Å²) in [6.07, 6.45) is 0. The van der Waals surface area contributed by atoms with Crippen molar-refractivity contribution in [3.63, 3.8) is 0 Å². The van der Waals surface area contributed by atoms with E-state index in [1.807, 2.05) is 6.07 Å². The van der Waals surface area contributed by atoms with E-state index in [2.05, 4.69) is 10.6 Å². The number of non-ortho nitro benzene ring substituents is 1. The third-order valence-electron chi connectivity index (χ3n) is 2.63. The maximum Gasteiger partial charge on any atom is 0.270 e. The number of benzene rings is 1. The lowest BCUT2D eigenvalue weighted by Crippen LogP contribution is -2.37. The van der Waals surface area contributed by atoms with Crippen LogP contribution in [0.4, 0.5) is 11.4 Å². The summed E-state index contributed by atoms with van der Waals surface area (Å²) in [6.45, 7) is 0. The van der Waals surface area contributed by atoms with Gasteiger partial charge in [0.1, 0.15) is 6.07 Å². The molecule has 1 aromatic carbocycles. The van der Waals surface area contributed by atoms with Crippen LogP contribution in [0.1, 0.15) is 5.56 Å². The van der Waals surface area contributed by atoms with E-state index < -0.39 is 4.92 Å². The predicted molar refractivity (Wildman–Crippen MR) is 70.7 cm³/mol. The first-order valence-corrected chi connectivity index (χ1v) is 6.58. The van der Waals surface area contributed by atoms with Gasteiger partial charge in [-0.1, -0.05) is 0 Å². The van der Waals surface area contributed by atoms with Crippen molar-refractivity contribution in [3.8, 4) is 6.07 Å². The number of nitrogens with one attached hydrogen (secondary N) is 2. The molecule has 1 fully saturated rings. The fraction of sp³-hybridized carbons (Fsp3) is 0.273. The van der Waals surface area contributed by atoms with Crippen molar-refractivity contribution in [2.24, 2.45) is 0 Å². The van der Waals surface area contributed by atoms with E-state index in [0.29, 0.717) is 11.6 Å². The molecule has 8 heteroatoms. The first kappa shape index (κ1) is 13.3. The van der Waals surface area contributed by atoms with E-state index in [1.54, 1.807) is 11.8 Å². The topological polar surface area (TPSA) is 108 Å². The van der Waals surface area contributed by atoms with Crippen LogP contribution in [0.3, 0.4) is 0 Å². The molecule has 0 spiro atoms. The molecule has 1 aliphatic rings.